The number of aryl methyl sites for hydroxylation is 2. The standard InChI is InChI=1S/C20H21ClN4O5/c1-4-24-10-16(13(3)23-24)12(2)22-20(26)19-8-6-15(30-19)11-29-18-7-5-14(25(27)28)9-17(18)21/h5-10,12H,4,11H2,1-3H3,(H,22,26). The number of carbonyl (C=O) groups excluding carboxylic acids is 1. The first kappa shape index (κ1) is 21.4. The van der Waals surface area contributed by atoms with Gasteiger partial charge < -0.3 is 14.5 Å². The SMILES string of the molecule is CCn1cc(C(C)NC(=O)c2ccc(COc3ccc([N+](=O)[O-])cc3Cl)o2)c(C)n1. The van der Waals surface area contributed by atoms with E-state index in [0.29, 0.717) is 5.76 Å². The molecule has 2 heterocycles. The molecule has 9 nitrogen and oxygen atoms in total. The second-order valence-electron chi connectivity index (χ2n) is 6.65. The summed E-state index contributed by atoms with van der Waals surface area (Å²) in [5, 5.41) is 18.2. The van der Waals surface area contributed by atoms with Crippen LogP contribution in [0, 0.1) is 17.0 Å². The second kappa shape index (κ2) is 9.00. The fraction of sp³-hybridized carbons (Fsp3) is 0.300. The van der Waals surface area contributed by atoms with Gasteiger partial charge in [0.2, 0.25) is 0 Å². The van der Waals surface area contributed by atoms with Gasteiger partial charge in [0, 0.05) is 30.4 Å². The van der Waals surface area contributed by atoms with Crippen LogP contribution < -0.4 is 10.1 Å². The fourth-order valence-electron chi connectivity index (χ4n) is 2.91. The molecule has 158 valence electrons. The molecule has 0 aliphatic carbocycles. The van der Waals surface area contributed by atoms with Gasteiger partial charge in [0.25, 0.3) is 11.6 Å². The van der Waals surface area contributed by atoms with Crippen LogP contribution in [0.5, 0.6) is 5.75 Å². The zero-order chi connectivity index (χ0) is 21.8. The maximum atomic E-state index is 12.5. The number of carbonyl (C=O) groups is 1. The van der Waals surface area contributed by atoms with Gasteiger partial charge in [-0.3, -0.25) is 19.6 Å². The lowest BCUT2D eigenvalue weighted by Gasteiger charge is -2.12. The number of ether oxygens (including phenoxy) is 1. The highest BCUT2D eigenvalue weighted by atomic mass is 35.5. The number of amides is 1. The maximum Gasteiger partial charge on any atom is 0.287 e. The number of non-ortho nitro benzene ring substituents is 1. The summed E-state index contributed by atoms with van der Waals surface area (Å²) in [7, 11) is 0. The van der Waals surface area contributed by atoms with E-state index in [0.717, 1.165) is 17.8 Å². The van der Waals surface area contributed by atoms with Gasteiger partial charge in [0.05, 0.1) is 21.7 Å². The summed E-state index contributed by atoms with van der Waals surface area (Å²) in [6, 6.07) is 6.87. The van der Waals surface area contributed by atoms with Crippen molar-refractivity contribution in [2.75, 3.05) is 0 Å². The molecule has 0 aliphatic heterocycles. The number of nitrogens with one attached hydrogen (secondary N) is 1. The normalized spacial score (nSPS) is 11.9. The summed E-state index contributed by atoms with van der Waals surface area (Å²) in [6.45, 7) is 6.54. The highest BCUT2D eigenvalue weighted by Gasteiger charge is 2.18. The minimum Gasteiger partial charge on any atom is -0.484 e. The Morgan fingerprint density at radius 1 is 1.40 bits per heavy atom. The van der Waals surface area contributed by atoms with Crippen molar-refractivity contribution in [2.45, 2.75) is 40.0 Å². The van der Waals surface area contributed by atoms with Gasteiger partial charge in [-0.1, -0.05) is 11.6 Å². The van der Waals surface area contributed by atoms with Crippen molar-refractivity contribution in [1.82, 2.24) is 15.1 Å². The molecule has 1 amide bonds. The number of aromatic nitrogens is 2. The van der Waals surface area contributed by atoms with Crippen LogP contribution in [-0.4, -0.2) is 20.6 Å². The van der Waals surface area contributed by atoms with E-state index in [-0.39, 0.29) is 40.8 Å². The average Bonchev–Trinajstić information content (AvgIpc) is 3.33. The lowest BCUT2D eigenvalue weighted by molar-refractivity contribution is -0.384. The molecule has 0 saturated carbocycles. The van der Waals surface area contributed by atoms with Gasteiger partial charge in [-0.2, -0.15) is 5.10 Å². The summed E-state index contributed by atoms with van der Waals surface area (Å²) in [5.41, 5.74) is 1.67. The van der Waals surface area contributed by atoms with Gasteiger partial charge in [-0.05, 0) is 39.0 Å². The van der Waals surface area contributed by atoms with Gasteiger partial charge >= 0.3 is 0 Å². The molecule has 0 saturated heterocycles. The van der Waals surface area contributed by atoms with E-state index in [1.54, 1.807) is 12.1 Å². The molecule has 30 heavy (non-hydrogen) atoms. The number of nitro groups is 1. The largest absolute Gasteiger partial charge is 0.484 e. The topological polar surface area (TPSA) is 112 Å². The monoisotopic (exact) mass is 432 g/mol. The maximum absolute atomic E-state index is 12.5. The zero-order valence-electron chi connectivity index (χ0n) is 16.7. The number of hydrogen-bond acceptors (Lipinski definition) is 6. The molecule has 10 heteroatoms. The first-order chi connectivity index (χ1) is 14.3. The molecule has 1 unspecified atom stereocenters. The van der Waals surface area contributed by atoms with E-state index in [9.17, 15) is 14.9 Å². The van der Waals surface area contributed by atoms with Crippen molar-refractivity contribution in [2.24, 2.45) is 0 Å². The molecule has 0 aliphatic rings. The van der Waals surface area contributed by atoms with Crippen molar-refractivity contribution < 1.29 is 18.9 Å². The Kier molecular flexibility index (Phi) is 6.41. The third-order valence-electron chi connectivity index (χ3n) is 4.50. The van der Waals surface area contributed by atoms with Crippen molar-refractivity contribution in [1.29, 1.82) is 0 Å². The minimum atomic E-state index is -0.539. The van der Waals surface area contributed by atoms with Crippen LogP contribution in [0.4, 0.5) is 5.69 Å². The molecular weight excluding hydrogens is 412 g/mol. The quantitative estimate of drug-likeness (QED) is 0.416. The van der Waals surface area contributed by atoms with Crippen LogP contribution in [0.1, 0.15) is 47.5 Å². The van der Waals surface area contributed by atoms with Crippen LogP contribution in [-0.2, 0) is 13.2 Å². The lowest BCUT2D eigenvalue weighted by atomic mass is 10.1. The molecule has 0 radical (unpaired) electrons. The van der Waals surface area contributed by atoms with Crippen LogP contribution in [0.2, 0.25) is 5.02 Å². The Balaban J connectivity index is 1.61. The molecule has 1 atom stereocenters. The molecule has 0 spiro atoms. The Morgan fingerprint density at radius 2 is 2.17 bits per heavy atom. The van der Waals surface area contributed by atoms with Crippen molar-refractivity contribution >= 4 is 23.2 Å². The number of furan rings is 1. The first-order valence-corrected chi connectivity index (χ1v) is 9.66. The molecule has 2 aromatic heterocycles. The highest BCUT2D eigenvalue weighted by molar-refractivity contribution is 6.32. The highest BCUT2D eigenvalue weighted by Crippen LogP contribution is 2.29. The number of benzene rings is 1. The number of halogens is 1. The molecule has 0 bridgehead atoms. The lowest BCUT2D eigenvalue weighted by Crippen LogP contribution is -2.26. The van der Waals surface area contributed by atoms with Crippen LogP contribution in [0.15, 0.2) is 40.9 Å². The van der Waals surface area contributed by atoms with Crippen molar-refractivity contribution in [3.63, 3.8) is 0 Å². The van der Waals surface area contributed by atoms with E-state index in [2.05, 4.69) is 10.4 Å². The molecule has 1 N–H and O–H groups in total. The second-order valence-corrected chi connectivity index (χ2v) is 7.05. The molecule has 3 aromatic rings. The van der Waals surface area contributed by atoms with Crippen LogP contribution >= 0.6 is 11.6 Å². The molecule has 1 aromatic carbocycles. The fourth-order valence-corrected chi connectivity index (χ4v) is 3.14. The van der Waals surface area contributed by atoms with Crippen molar-refractivity contribution in [3.8, 4) is 5.75 Å². The molecular formula is C20H21ClN4O5. The Hall–Kier alpha value is -3.33. The summed E-state index contributed by atoms with van der Waals surface area (Å²) in [6.07, 6.45) is 1.91. The van der Waals surface area contributed by atoms with Crippen LogP contribution in [0.25, 0.3) is 0 Å². The average molecular weight is 433 g/mol. The van der Waals surface area contributed by atoms with Crippen LogP contribution in [0.3, 0.4) is 0 Å². The van der Waals surface area contributed by atoms with Gasteiger partial charge in [-0.25, -0.2) is 0 Å². The van der Waals surface area contributed by atoms with Crippen molar-refractivity contribution in [3.05, 3.63) is 74.4 Å². The number of hydrogen-bond donors (Lipinski definition) is 1. The number of nitro benzene ring substituents is 1. The van der Waals surface area contributed by atoms with E-state index >= 15 is 0 Å². The predicted octanol–water partition coefficient (Wildman–Crippen LogP) is 4.44. The summed E-state index contributed by atoms with van der Waals surface area (Å²) >= 11 is 6.00. The Morgan fingerprint density at radius 3 is 2.80 bits per heavy atom. The van der Waals surface area contributed by atoms with E-state index in [4.69, 9.17) is 20.8 Å². The van der Waals surface area contributed by atoms with E-state index < -0.39 is 4.92 Å². The zero-order valence-corrected chi connectivity index (χ0v) is 17.5. The summed E-state index contributed by atoms with van der Waals surface area (Å²) < 4.78 is 12.9. The minimum absolute atomic E-state index is 0.0166. The van der Waals surface area contributed by atoms with Gasteiger partial charge in [0.15, 0.2) is 5.76 Å². The third-order valence-corrected chi connectivity index (χ3v) is 4.80. The predicted molar refractivity (Wildman–Crippen MR) is 110 cm³/mol. The first-order valence-electron chi connectivity index (χ1n) is 9.28. The Labute approximate surface area is 177 Å². The molecule has 3 rings (SSSR count). The summed E-state index contributed by atoms with van der Waals surface area (Å²) in [4.78, 5) is 22.7. The van der Waals surface area contributed by atoms with Gasteiger partial charge in [-0.15, -0.1) is 0 Å². The third kappa shape index (κ3) is 4.80. The summed E-state index contributed by atoms with van der Waals surface area (Å²) in [5.74, 6) is 0.487. The number of rotatable bonds is 8. The Bertz CT molecular complexity index is 1080. The smallest absolute Gasteiger partial charge is 0.287 e. The van der Waals surface area contributed by atoms with Gasteiger partial charge in [0.1, 0.15) is 18.1 Å². The molecule has 0 fully saturated rings. The number of nitrogens with zero attached hydrogens (tertiary/aromatic N) is 3. The van der Waals surface area contributed by atoms with E-state index in [1.165, 1.54) is 18.2 Å². The van der Waals surface area contributed by atoms with E-state index in [1.807, 2.05) is 31.6 Å².